The maximum atomic E-state index is 5.03. The number of unbranched alkanes of at least 4 members (excludes halogenated alkanes) is 1. The van der Waals surface area contributed by atoms with Crippen LogP contribution in [0.4, 0.5) is 0 Å². The topological polar surface area (TPSA) is 39.1 Å². The molecule has 1 rings (SSSR count). The highest BCUT2D eigenvalue weighted by molar-refractivity contribution is 5.09. The molecule has 1 unspecified atom stereocenters. The number of methoxy groups -OCH3 is 1. The number of ether oxygens (including phenoxy) is 1. The third-order valence-electron chi connectivity index (χ3n) is 2.84. The Balaban J connectivity index is 2.31. The van der Waals surface area contributed by atoms with Crippen molar-refractivity contribution in [1.82, 2.24) is 15.1 Å². The van der Waals surface area contributed by atoms with Crippen molar-refractivity contribution in [2.24, 2.45) is 0 Å². The summed E-state index contributed by atoms with van der Waals surface area (Å²) in [5, 5.41) is 7.84. The van der Waals surface area contributed by atoms with Gasteiger partial charge in [0.25, 0.3) is 0 Å². The Bertz CT molecular complexity index is 299. The summed E-state index contributed by atoms with van der Waals surface area (Å²) >= 11 is 0. The van der Waals surface area contributed by atoms with Crippen LogP contribution in [0.25, 0.3) is 0 Å². The predicted octanol–water partition coefficient (Wildman–Crippen LogP) is 2.37. The monoisotopic (exact) mass is 239 g/mol. The molecule has 0 aliphatic heterocycles. The molecule has 0 amide bonds. The van der Waals surface area contributed by atoms with Crippen LogP contribution in [0.3, 0.4) is 0 Å². The van der Waals surface area contributed by atoms with E-state index in [-0.39, 0.29) is 0 Å². The van der Waals surface area contributed by atoms with Gasteiger partial charge in [-0.3, -0.25) is 4.68 Å². The van der Waals surface area contributed by atoms with E-state index in [0.29, 0.717) is 6.04 Å². The summed E-state index contributed by atoms with van der Waals surface area (Å²) in [5.41, 5.74) is 1.27. The van der Waals surface area contributed by atoms with Gasteiger partial charge in [0.2, 0.25) is 0 Å². The Hall–Kier alpha value is -0.870. The van der Waals surface area contributed by atoms with E-state index in [1.807, 2.05) is 10.9 Å². The number of aryl methyl sites for hydroxylation is 1. The Morgan fingerprint density at radius 3 is 3.00 bits per heavy atom. The van der Waals surface area contributed by atoms with E-state index in [2.05, 4.69) is 30.5 Å². The minimum Gasteiger partial charge on any atom is -0.385 e. The molecule has 1 heterocycles. The molecule has 0 fully saturated rings. The molecule has 98 valence electrons. The van der Waals surface area contributed by atoms with Crippen molar-refractivity contribution in [3.63, 3.8) is 0 Å². The molecule has 1 aromatic heterocycles. The number of hydrogen-bond donors (Lipinski definition) is 1. The SMILES string of the molecule is CCCNC(C)c1cnn(CCCCOC)c1. The van der Waals surface area contributed by atoms with E-state index in [1.54, 1.807) is 7.11 Å². The van der Waals surface area contributed by atoms with Gasteiger partial charge >= 0.3 is 0 Å². The first-order valence-electron chi connectivity index (χ1n) is 6.52. The van der Waals surface area contributed by atoms with Gasteiger partial charge in [0, 0.05) is 38.1 Å². The molecule has 1 N–H and O–H groups in total. The van der Waals surface area contributed by atoms with E-state index in [9.17, 15) is 0 Å². The minimum absolute atomic E-state index is 0.391. The maximum absolute atomic E-state index is 5.03. The van der Waals surface area contributed by atoms with Crippen molar-refractivity contribution in [2.45, 2.75) is 45.7 Å². The van der Waals surface area contributed by atoms with Gasteiger partial charge < -0.3 is 10.1 Å². The summed E-state index contributed by atoms with van der Waals surface area (Å²) in [6, 6.07) is 0.391. The van der Waals surface area contributed by atoms with Crippen LogP contribution in [0, 0.1) is 0 Å². The second-order valence-electron chi connectivity index (χ2n) is 4.41. The second kappa shape index (κ2) is 8.25. The van der Waals surface area contributed by atoms with E-state index in [0.717, 1.165) is 39.0 Å². The number of rotatable bonds is 9. The molecular weight excluding hydrogens is 214 g/mol. The van der Waals surface area contributed by atoms with E-state index >= 15 is 0 Å². The summed E-state index contributed by atoms with van der Waals surface area (Å²) < 4.78 is 7.05. The number of nitrogens with one attached hydrogen (secondary N) is 1. The van der Waals surface area contributed by atoms with Crippen LogP contribution in [0.2, 0.25) is 0 Å². The fourth-order valence-electron chi connectivity index (χ4n) is 1.72. The average molecular weight is 239 g/mol. The predicted molar refractivity (Wildman–Crippen MR) is 70.0 cm³/mol. The number of nitrogens with zero attached hydrogens (tertiary/aromatic N) is 2. The van der Waals surface area contributed by atoms with E-state index in [1.165, 1.54) is 5.56 Å². The Morgan fingerprint density at radius 2 is 2.29 bits per heavy atom. The van der Waals surface area contributed by atoms with Gasteiger partial charge in [-0.1, -0.05) is 6.92 Å². The van der Waals surface area contributed by atoms with Crippen molar-refractivity contribution >= 4 is 0 Å². The normalized spacial score (nSPS) is 12.9. The molecule has 17 heavy (non-hydrogen) atoms. The van der Waals surface area contributed by atoms with Crippen LogP contribution in [-0.2, 0) is 11.3 Å². The van der Waals surface area contributed by atoms with E-state index < -0.39 is 0 Å². The van der Waals surface area contributed by atoms with Crippen molar-refractivity contribution in [3.05, 3.63) is 18.0 Å². The molecule has 4 heteroatoms. The van der Waals surface area contributed by atoms with Gasteiger partial charge in [-0.05, 0) is 32.7 Å². The van der Waals surface area contributed by atoms with Crippen molar-refractivity contribution < 1.29 is 4.74 Å². The van der Waals surface area contributed by atoms with E-state index in [4.69, 9.17) is 4.74 Å². The first-order chi connectivity index (χ1) is 8.27. The summed E-state index contributed by atoms with van der Waals surface area (Å²) in [5.74, 6) is 0. The van der Waals surface area contributed by atoms with Crippen molar-refractivity contribution in [3.8, 4) is 0 Å². The maximum Gasteiger partial charge on any atom is 0.0537 e. The quantitative estimate of drug-likeness (QED) is 0.672. The molecule has 1 aromatic rings. The zero-order valence-corrected chi connectivity index (χ0v) is 11.3. The van der Waals surface area contributed by atoms with Gasteiger partial charge in [0.05, 0.1) is 6.20 Å². The van der Waals surface area contributed by atoms with Crippen molar-refractivity contribution in [1.29, 1.82) is 0 Å². The molecule has 0 aliphatic rings. The minimum atomic E-state index is 0.391. The lowest BCUT2D eigenvalue weighted by Crippen LogP contribution is -2.18. The van der Waals surface area contributed by atoms with Gasteiger partial charge in [-0.15, -0.1) is 0 Å². The first-order valence-corrected chi connectivity index (χ1v) is 6.52. The van der Waals surface area contributed by atoms with Crippen LogP contribution in [-0.4, -0.2) is 30.0 Å². The largest absolute Gasteiger partial charge is 0.385 e. The van der Waals surface area contributed by atoms with Gasteiger partial charge in [0.1, 0.15) is 0 Å². The second-order valence-corrected chi connectivity index (χ2v) is 4.41. The molecule has 0 aliphatic carbocycles. The molecule has 0 radical (unpaired) electrons. The third kappa shape index (κ3) is 5.33. The van der Waals surface area contributed by atoms with Crippen LogP contribution >= 0.6 is 0 Å². The first kappa shape index (κ1) is 14.2. The summed E-state index contributed by atoms with van der Waals surface area (Å²) in [4.78, 5) is 0. The van der Waals surface area contributed by atoms with Crippen LogP contribution in [0.15, 0.2) is 12.4 Å². The van der Waals surface area contributed by atoms with Gasteiger partial charge in [0.15, 0.2) is 0 Å². The highest BCUT2D eigenvalue weighted by Crippen LogP contribution is 2.11. The lowest BCUT2D eigenvalue weighted by molar-refractivity contribution is 0.191. The zero-order valence-electron chi connectivity index (χ0n) is 11.3. The number of hydrogen-bond acceptors (Lipinski definition) is 3. The highest BCUT2D eigenvalue weighted by atomic mass is 16.5. The lowest BCUT2D eigenvalue weighted by Gasteiger charge is -2.10. The molecule has 4 nitrogen and oxygen atoms in total. The summed E-state index contributed by atoms with van der Waals surface area (Å²) in [7, 11) is 1.74. The molecule has 0 saturated heterocycles. The molecule has 0 spiro atoms. The van der Waals surface area contributed by atoms with Crippen molar-refractivity contribution in [2.75, 3.05) is 20.3 Å². The highest BCUT2D eigenvalue weighted by Gasteiger charge is 2.06. The standard InChI is InChI=1S/C13H25N3O/c1-4-7-14-12(2)13-10-15-16(11-13)8-5-6-9-17-3/h10-12,14H,4-9H2,1-3H3. The number of aromatic nitrogens is 2. The summed E-state index contributed by atoms with van der Waals surface area (Å²) in [6.07, 6.45) is 7.47. The fraction of sp³-hybridized carbons (Fsp3) is 0.769. The average Bonchev–Trinajstić information content (AvgIpc) is 2.80. The molecule has 0 saturated carbocycles. The Morgan fingerprint density at radius 1 is 1.47 bits per heavy atom. The van der Waals surface area contributed by atoms with Crippen LogP contribution in [0.5, 0.6) is 0 Å². The molecular formula is C13H25N3O. The van der Waals surface area contributed by atoms with Gasteiger partial charge in [-0.25, -0.2) is 0 Å². The Kier molecular flexibility index (Phi) is 6.89. The molecule has 0 bridgehead atoms. The third-order valence-corrected chi connectivity index (χ3v) is 2.84. The fourth-order valence-corrected chi connectivity index (χ4v) is 1.72. The smallest absolute Gasteiger partial charge is 0.0537 e. The molecule has 1 atom stereocenters. The Labute approximate surface area is 104 Å². The van der Waals surface area contributed by atoms with Crippen LogP contribution in [0.1, 0.15) is 44.7 Å². The van der Waals surface area contributed by atoms with Crippen LogP contribution < -0.4 is 5.32 Å². The summed E-state index contributed by atoms with van der Waals surface area (Å²) in [6.45, 7) is 7.23. The molecule has 0 aromatic carbocycles. The zero-order chi connectivity index (χ0) is 12.5. The lowest BCUT2D eigenvalue weighted by atomic mass is 10.2. The van der Waals surface area contributed by atoms with Gasteiger partial charge in [-0.2, -0.15) is 5.10 Å².